The summed E-state index contributed by atoms with van der Waals surface area (Å²) < 4.78 is 5.50. The average molecular weight is 256 g/mol. The zero-order valence-corrected chi connectivity index (χ0v) is 11.9. The molecule has 1 unspecified atom stereocenters. The van der Waals surface area contributed by atoms with Crippen LogP contribution < -0.4 is 5.32 Å². The molecule has 5 nitrogen and oxygen atoms in total. The van der Waals surface area contributed by atoms with Crippen molar-refractivity contribution in [3.8, 4) is 0 Å². The van der Waals surface area contributed by atoms with Gasteiger partial charge in [0.2, 0.25) is 0 Å². The minimum Gasteiger partial charge on any atom is -0.378 e. The lowest BCUT2D eigenvalue weighted by Crippen LogP contribution is -2.54. The lowest BCUT2D eigenvalue weighted by Gasteiger charge is -2.37. The van der Waals surface area contributed by atoms with Crippen LogP contribution >= 0.6 is 0 Å². The Kier molecular flexibility index (Phi) is 5.85. The Morgan fingerprint density at radius 1 is 1.17 bits per heavy atom. The van der Waals surface area contributed by atoms with Crippen molar-refractivity contribution >= 4 is 0 Å². The number of nitrogens with zero attached hydrogens (tertiary/aromatic N) is 3. The highest BCUT2D eigenvalue weighted by Crippen LogP contribution is 2.04. The quantitative estimate of drug-likeness (QED) is 0.693. The number of ether oxygens (including phenoxy) is 1. The Bertz CT molecular complexity index is 223. The first-order valence-corrected chi connectivity index (χ1v) is 7.14. The van der Waals surface area contributed by atoms with E-state index in [-0.39, 0.29) is 0 Å². The molecule has 0 bridgehead atoms. The Labute approximate surface area is 111 Å². The topological polar surface area (TPSA) is 31.0 Å². The molecule has 0 aromatic carbocycles. The van der Waals surface area contributed by atoms with Gasteiger partial charge >= 0.3 is 0 Å². The van der Waals surface area contributed by atoms with Crippen molar-refractivity contribution < 1.29 is 4.74 Å². The second kappa shape index (κ2) is 7.40. The van der Waals surface area contributed by atoms with E-state index in [1.165, 1.54) is 32.7 Å². The summed E-state index contributed by atoms with van der Waals surface area (Å²) >= 11 is 0. The van der Waals surface area contributed by atoms with Crippen LogP contribution in [0, 0.1) is 0 Å². The summed E-state index contributed by atoms with van der Waals surface area (Å²) in [4.78, 5) is 7.40. The molecule has 18 heavy (non-hydrogen) atoms. The van der Waals surface area contributed by atoms with Crippen LogP contribution in [-0.4, -0.2) is 100 Å². The van der Waals surface area contributed by atoms with Gasteiger partial charge in [-0.2, -0.15) is 0 Å². The molecular weight excluding hydrogens is 228 g/mol. The summed E-state index contributed by atoms with van der Waals surface area (Å²) in [7, 11) is 4.29. The van der Waals surface area contributed by atoms with Crippen molar-refractivity contribution in [2.75, 3.05) is 79.7 Å². The molecule has 0 amide bonds. The summed E-state index contributed by atoms with van der Waals surface area (Å²) in [5.74, 6) is 0. The third-order valence-electron chi connectivity index (χ3n) is 3.81. The van der Waals surface area contributed by atoms with E-state index in [4.69, 9.17) is 4.74 Å². The zero-order chi connectivity index (χ0) is 12.8. The molecule has 2 heterocycles. The minimum absolute atomic E-state index is 0.534. The lowest BCUT2D eigenvalue weighted by molar-refractivity contribution is 0.0496. The molecular formula is C13H28N4O. The van der Waals surface area contributed by atoms with E-state index < -0.39 is 0 Å². The SMILES string of the molecule is CN(C)CCN1CCN(CC2COCCN2)CC1. The van der Waals surface area contributed by atoms with Crippen molar-refractivity contribution in [3.05, 3.63) is 0 Å². The van der Waals surface area contributed by atoms with Gasteiger partial charge in [0.15, 0.2) is 0 Å². The van der Waals surface area contributed by atoms with E-state index in [2.05, 4.69) is 34.1 Å². The van der Waals surface area contributed by atoms with Crippen molar-refractivity contribution in [1.29, 1.82) is 0 Å². The van der Waals surface area contributed by atoms with Gasteiger partial charge in [-0.15, -0.1) is 0 Å². The van der Waals surface area contributed by atoms with Crippen LogP contribution in [0.15, 0.2) is 0 Å². The molecule has 0 saturated carbocycles. The van der Waals surface area contributed by atoms with E-state index in [9.17, 15) is 0 Å². The highest BCUT2D eigenvalue weighted by atomic mass is 16.5. The zero-order valence-electron chi connectivity index (χ0n) is 11.9. The lowest BCUT2D eigenvalue weighted by atomic mass is 10.2. The van der Waals surface area contributed by atoms with Crippen LogP contribution in [0.2, 0.25) is 0 Å². The first-order chi connectivity index (χ1) is 8.74. The maximum absolute atomic E-state index is 5.50. The fraction of sp³-hybridized carbons (Fsp3) is 1.00. The van der Waals surface area contributed by atoms with Crippen LogP contribution in [0.4, 0.5) is 0 Å². The van der Waals surface area contributed by atoms with Gasteiger partial charge in [-0.3, -0.25) is 9.80 Å². The van der Waals surface area contributed by atoms with E-state index >= 15 is 0 Å². The Balaban J connectivity index is 1.60. The van der Waals surface area contributed by atoms with Gasteiger partial charge < -0.3 is 15.0 Å². The third-order valence-corrected chi connectivity index (χ3v) is 3.81. The highest BCUT2D eigenvalue weighted by Gasteiger charge is 2.21. The maximum atomic E-state index is 5.50. The van der Waals surface area contributed by atoms with Gasteiger partial charge in [-0.05, 0) is 14.1 Å². The molecule has 0 aromatic rings. The van der Waals surface area contributed by atoms with Crippen molar-refractivity contribution in [2.45, 2.75) is 6.04 Å². The highest BCUT2D eigenvalue weighted by molar-refractivity contribution is 4.79. The van der Waals surface area contributed by atoms with E-state index in [0.717, 1.165) is 32.8 Å². The van der Waals surface area contributed by atoms with Crippen LogP contribution in [0.3, 0.4) is 0 Å². The van der Waals surface area contributed by atoms with Gasteiger partial charge in [0.1, 0.15) is 0 Å². The molecule has 2 aliphatic heterocycles. The van der Waals surface area contributed by atoms with Crippen LogP contribution in [0.25, 0.3) is 0 Å². The molecule has 2 rings (SSSR count). The molecule has 2 aliphatic rings. The number of morpholine rings is 1. The number of nitrogens with one attached hydrogen (secondary N) is 1. The Morgan fingerprint density at radius 2 is 1.89 bits per heavy atom. The number of rotatable bonds is 5. The summed E-state index contributed by atoms with van der Waals surface area (Å²) in [5.41, 5.74) is 0. The second-order valence-corrected chi connectivity index (χ2v) is 5.67. The Morgan fingerprint density at radius 3 is 2.50 bits per heavy atom. The smallest absolute Gasteiger partial charge is 0.0632 e. The standard InChI is InChI=1S/C13H28N4O/c1-15(2)4-5-16-6-8-17(9-7-16)11-13-12-18-10-3-14-13/h13-14H,3-12H2,1-2H3. The molecule has 1 N–H and O–H groups in total. The second-order valence-electron chi connectivity index (χ2n) is 5.67. The van der Waals surface area contributed by atoms with Crippen molar-refractivity contribution in [3.63, 3.8) is 0 Å². The normalized spacial score (nSPS) is 27.8. The molecule has 106 valence electrons. The third kappa shape index (κ3) is 4.82. The summed E-state index contributed by atoms with van der Waals surface area (Å²) in [5, 5.41) is 3.53. The molecule has 1 atom stereocenters. The van der Waals surface area contributed by atoms with E-state index in [1.54, 1.807) is 0 Å². The number of piperazine rings is 1. The predicted molar refractivity (Wildman–Crippen MR) is 74.0 cm³/mol. The number of likely N-dealkylation sites (N-methyl/N-ethyl adjacent to an activating group) is 1. The summed E-state index contributed by atoms with van der Waals surface area (Å²) in [6, 6.07) is 0.534. The van der Waals surface area contributed by atoms with Gasteiger partial charge in [0.25, 0.3) is 0 Å². The fourth-order valence-corrected chi connectivity index (χ4v) is 2.59. The average Bonchev–Trinajstić information content (AvgIpc) is 2.39. The monoisotopic (exact) mass is 256 g/mol. The number of hydrogen-bond donors (Lipinski definition) is 1. The first kappa shape index (κ1) is 14.2. The largest absolute Gasteiger partial charge is 0.378 e. The minimum atomic E-state index is 0.534. The van der Waals surface area contributed by atoms with Crippen LogP contribution in [0.5, 0.6) is 0 Å². The molecule has 2 saturated heterocycles. The molecule has 5 heteroatoms. The summed E-state index contributed by atoms with van der Waals surface area (Å²) in [6.45, 7) is 11.1. The summed E-state index contributed by atoms with van der Waals surface area (Å²) in [6.07, 6.45) is 0. The van der Waals surface area contributed by atoms with Gasteiger partial charge in [-0.25, -0.2) is 0 Å². The van der Waals surface area contributed by atoms with Gasteiger partial charge in [0, 0.05) is 58.4 Å². The molecule has 0 aliphatic carbocycles. The molecule has 0 radical (unpaired) electrons. The first-order valence-electron chi connectivity index (χ1n) is 7.14. The molecule has 2 fully saturated rings. The van der Waals surface area contributed by atoms with E-state index in [0.29, 0.717) is 6.04 Å². The number of hydrogen-bond acceptors (Lipinski definition) is 5. The van der Waals surface area contributed by atoms with Crippen molar-refractivity contribution in [1.82, 2.24) is 20.0 Å². The predicted octanol–water partition coefficient (Wildman–Crippen LogP) is -0.846. The van der Waals surface area contributed by atoms with E-state index in [1.807, 2.05) is 0 Å². The van der Waals surface area contributed by atoms with Crippen molar-refractivity contribution in [2.24, 2.45) is 0 Å². The van der Waals surface area contributed by atoms with Gasteiger partial charge in [-0.1, -0.05) is 0 Å². The van der Waals surface area contributed by atoms with Gasteiger partial charge in [0.05, 0.1) is 13.2 Å². The molecule has 0 aromatic heterocycles. The molecule has 0 spiro atoms. The van der Waals surface area contributed by atoms with Crippen LogP contribution in [0.1, 0.15) is 0 Å². The Hall–Kier alpha value is -0.200. The van der Waals surface area contributed by atoms with Crippen LogP contribution in [-0.2, 0) is 4.74 Å². The fourth-order valence-electron chi connectivity index (χ4n) is 2.59. The maximum Gasteiger partial charge on any atom is 0.0632 e.